The Balaban J connectivity index is 0.00000289. The summed E-state index contributed by atoms with van der Waals surface area (Å²) in [7, 11) is 0. The van der Waals surface area contributed by atoms with Crippen molar-refractivity contribution < 1.29 is 4.79 Å². The van der Waals surface area contributed by atoms with Gasteiger partial charge < -0.3 is 10.6 Å². The van der Waals surface area contributed by atoms with Crippen molar-refractivity contribution in [2.45, 2.75) is 69.9 Å². The molecule has 6 nitrogen and oxygen atoms in total. The highest BCUT2D eigenvalue weighted by Crippen LogP contribution is 2.42. The van der Waals surface area contributed by atoms with Crippen LogP contribution in [0, 0.1) is 5.92 Å². The lowest BCUT2D eigenvalue weighted by atomic mass is 9.68. The van der Waals surface area contributed by atoms with Crippen LogP contribution in [0.25, 0.3) is 11.0 Å². The van der Waals surface area contributed by atoms with Gasteiger partial charge in [0, 0.05) is 47.2 Å². The maximum absolute atomic E-state index is 13.8. The normalized spacial score (nSPS) is 22.3. The number of carbonyl (C=O) groups is 1. The van der Waals surface area contributed by atoms with Gasteiger partial charge in [-0.2, -0.15) is 5.10 Å². The fourth-order valence-corrected chi connectivity index (χ4v) is 5.66. The number of carbonyl (C=O) groups excluding carboxylic acids is 1. The minimum atomic E-state index is -0.0679. The summed E-state index contributed by atoms with van der Waals surface area (Å²) in [5, 5.41) is 6.12. The monoisotopic (exact) mass is 515 g/mol. The first-order chi connectivity index (χ1) is 16.4. The SMILES string of the molecule is CC(C)n1ncc2cc(C(=O)N(CC3CC3)C3CCC(CN)(c4cccc(Cl)c4)CC3)cnc21.Cl. The average molecular weight is 517 g/mol. The lowest BCUT2D eigenvalue weighted by Crippen LogP contribution is -2.48. The molecule has 2 saturated carbocycles. The predicted octanol–water partition coefficient (Wildman–Crippen LogP) is 5.78. The van der Waals surface area contributed by atoms with Crippen LogP contribution in [0.4, 0.5) is 0 Å². The summed E-state index contributed by atoms with van der Waals surface area (Å²) in [5.41, 5.74) is 8.95. The largest absolute Gasteiger partial charge is 0.335 e. The zero-order chi connectivity index (χ0) is 23.9. The summed E-state index contributed by atoms with van der Waals surface area (Å²) >= 11 is 6.29. The Kier molecular flexibility index (Phi) is 7.74. The third-order valence-electron chi connectivity index (χ3n) is 7.76. The number of hydrogen-bond acceptors (Lipinski definition) is 4. The first-order valence-electron chi connectivity index (χ1n) is 12.5. The standard InChI is InChI=1S/C27H34ClN5O.ClH/c1-18(2)33-25-20(15-31-33)12-21(14-30-25)26(34)32(16-19-6-7-19)24-8-10-27(17-29,11-9-24)22-4-3-5-23(28)13-22;/h3-5,12-15,18-19,24H,6-11,16-17,29H2,1-2H3;1H. The molecule has 0 bridgehead atoms. The quantitative estimate of drug-likeness (QED) is 0.432. The number of aromatic nitrogens is 3. The molecule has 2 aliphatic carbocycles. The summed E-state index contributed by atoms with van der Waals surface area (Å²) in [4.78, 5) is 20.5. The zero-order valence-electron chi connectivity index (χ0n) is 20.5. The molecule has 1 amide bonds. The second-order valence-corrected chi connectivity index (χ2v) is 10.9. The molecule has 0 aliphatic heterocycles. The van der Waals surface area contributed by atoms with E-state index in [1.165, 1.54) is 18.4 Å². The second-order valence-electron chi connectivity index (χ2n) is 10.4. The fourth-order valence-electron chi connectivity index (χ4n) is 5.47. The molecule has 2 N–H and O–H groups in total. The molecule has 0 spiro atoms. The van der Waals surface area contributed by atoms with Gasteiger partial charge in [-0.1, -0.05) is 23.7 Å². The molecule has 2 heterocycles. The molecule has 2 fully saturated rings. The molecule has 35 heavy (non-hydrogen) atoms. The van der Waals surface area contributed by atoms with Crippen LogP contribution in [0.2, 0.25) is 5.02 Å². The van der Waals surface area contributed by atoms with E-state index < -0.39 is 0 Å². The van der Waals surface area contributed by atoms with Crippen LogP contribution in [-0.4, -0.2) is 44.7 Å². The highest BCUT2D eigenvalue weighted by molar-refractivity contribution is 6.30. The molecular weight excluding hydrogens is 481 g/mol. The second kappa shape index (κ2) is 10.5. The van der Waals surface area contributed by atoms with Crippen molar-refractivity contribution in [3.63, 3.8) is 0 Å². The van der Waals surface area contributed by atoms with E-state index >= 15 is 0 Å². The number of amides is 1. The van der Waals surface area contributed by atoms with Gasteiger partial charge in [0.1, 0.15) is 0 Å². The Bertz CT molecular complexity index is 1180. The van der Waals surface area contributed by atoms with Gasteiger partial charge >= 0.3 is 0 Å². The minimum Gasteiger partial charge on any atom is -0.335 e. The van der Waals surface area contributed by atoms with Gasteiger partial charge in [0.05, 0.1) is 11.8 Å². The fraction of sp³-hybridized carbons (Fsp3) is 0.519. The van der Waals surface area contributed by atoms with E-state index in [0.29, 0.717) is 18.0 Å². The molecule has 2 aromatic heterocycles. The predicted molar refractivity (Wildman–Crippen MR) is 143 cm³/mol. The molecule has 5 rings (SSSR count). The summed E-state index contributed by atoms with van der Waals surface area (Å²) in [6.45, 7) is 5.59. The molecular formula is C27H35Cl2N5O. The van der Waals surface area contributed by atoms with Gasteiger partial charge in [-0.25, -0.2) is 9.67 Å². The Morgan fingerprint density at radius 3 is 2.57 bits per heavy atom. The zero-order valence-corrected chi connectivity index (χ0v) is 22.1. The number of halogens is 2. The van der Waals surface area contributed by atoms with Crippen molar-refractivity contribution in [1.82, 2.24) is 19.7 Å². The molecule has 1 aromatic carbocycles. The highest BCUT2D eigenvalue weighted by atomic mass is 35.5. The Hall–Kier alpha value is -2.15. The highest BCUT2D eigenvalue weighted by Gasteiger charge is 2.40. The Morgan fingerprint density at radius 2 is 1.94 bits per heavy atom. The number of nitrogens with two attached hydrogens (primary N) is 1. The van der Waals surface area contributed by atoms with Crippen molar-refractivity contribution in [3.05, 3.63) is 58.9 Å². The van der Waals surface area contributed by atoms with Crippen LogP contribution in [0.5, 0.6) is 0 Å². The van der Waals surface area contributed by atoms with Gasteiger partial charge in [0.25, 0.3) is 5.91 Å². The van der Waals surface area contributed by atoms with Crippen molar-refractivity contribution in [2.24, 2.45) is 11.7 Å². The maximum Gasteiger partial charge on any atom is 0.255 e. The van der Waals surface area contributed by atoms with E-state index in [1.54, 1.807) is 6.20 Å². The lowest BCUT2D eigenvalue weighted by molar-refractivity contribution is 0.0581. The number of pyridine rings is 1. The van der Waals surface area contributed by atoms with E-state index in [1.807, 2.05) is 29.1 Å². The van der Waals surface area contributed by atoms with E-state index in [4.69, 9.17) is 17.3 Å². The van der Waals surface area contributed by atoms with Crippen molar-refractivity contribution >= 4 is 40.9 Å². The van der Waals surface area contributed by atoms with Crippen molar-refractivity contribution in [3.8, 4) is 0 Å². The maximum atomic E-state index is 13.8. The molecule has 0 radical (unpaired) electrons. The number of nitrogens with zero attached hydrogens (tertiary/aromatic N) is 4. The Labute approximate surface area is 218 Å². The van der Waals surface area contributed by atoms with Crippen molar-refractivity contribution in [2.75, 3.05) is 13.1 Å². The summed E-state index contributed by atoms with van der Waals surface area (Å²) in [5.74, 6) is 0.713. The van der Waals surface area contributed by atoms with Gasteiger partial charge in [-0.05, 0) is 82.1 Å². The summed E-state index contributed by atoms with van der Waals surface area (Å²) < 4.78 is 1.90. The van der Waals surface area contributed by atoms with E-state index in [-0.39, 0.29) is 35.8 Å². The molecule has 2 aliphatic rings. The van der Waals surface area contributed by atoms with E-state index in [0.717, 1.165) is 48.3 Å². The van der Waals surface area contributed by atoms with Gasteiger partial charge in [0.15, 0.2) is 5.65 Å². The van der Waals surface area contributed by atoms with Gasteiger partial charge in [0.2, 0.25) is 0 Å². The van der Waals surface area contributed by atoms with Crippen LogP contribution in [0.3, 0.4) is 0 Å². The Morgan fingerprint density at radius 1 is 1.20 bits per heavy atom. The summed E-state index contributed by atoms with van der Waals surface area (Å²) in [6, 6.07) is 10.5. The van der Waals surface area contributed by atoms with E-state index in [9.17, 15) is 4.79 Å². The summed E-state index contributed by atoms with van der Waals surface area (Å²) in [6.07, 6.45) is 9.78. The molecule has 0 unspecified atom stereocenters. The van der Waals surface area contributed by atoms with Gasteiger partial charge in [-0.15, -0.1) is 12.4 Å². The smallest absolute Gasteiger partial charge is 0.255 e. The first-order valence-corrected chi connectivity index (χ1v) is 12.9. The number of hydrogen-bond donors (Lipinski definition) is 1. The molecule has 3 aromatic rings. The number of rotatable bonds is 7. The molecule has 0 saturated heterocycles. The van der Waals surface area contributed by atoms with Crippen LogP contribution in [0.1, 0.15) is 74.3 Å². The third-order valence-corrected chi connectivity index (χ3v) is 8.00. The molecule has 188 valence electrons. The topological polar surface area (TPSA) is 77.0 Å². The third kappa shape index (κ3) is 5.20. The van der Waals surface area contributed by atoms with Crippen LogP contribution >= 0.6 is 24.0 Å². The number of fused-ring (bicyclic) bond motifs is 1. The van der Waals surface area contributed by atoms with Gasteiger partial charge in [-0.3, -0.25) is 4.79 Å². The molecule has 8 heteroatoms. The van der Waals surface area contributed by atoms with Crippen LogP contribution in [0.15, 0.2) is 42.7 Å². The first kappa shape index (κ1) is 25.9. The lowest BCUT2D eigenvalue weighted by Gasteiger charge is -2.43. The minimum absolute atomic E-state index is 0. The number of benzene rings is 1. The molecule has 0 atom stereocenters. The average Bonchev–Trinajstić information content (AvgIpc) is 3.57. The van der Waals surface area contributed by atoms with Crippen LogP contribution < -0.4 is 5.73 Å². The van der Waals surface area contributed by atoms with E-state index in [2.05, 4.69) is 41.0 Å². The van der Waals surface area contributed by atoms with Crippen LogP contribution in [-0.2, 0) is 5.41 Å². The van der Waals surface area contributed by atoms with Crippen molar-refractivity contribution in [1.29, 1.82) is 0 Å².